The minimum Gasteiger partial charge on any atom is -0.355 e. The maximum Gasteiger partial charge on any atom is 0.242 e. The van der Waals surface area contributed by atoms with E-state index < -0.39 is 6.04 Å². The number of hydrogen-bond donors (Lipinski definition) is 1. The van der Waals surface area contributed by atoms with Crippen LogP contribution in [-0.4, -0.2) is 41.5 Å². The Morgan fingerprint density at radius 1 is 1.26 bits per heavy atom. The highest BCUT2D eigenvalue weighted by Gasteiger charge is 2.21. The molecule has 0 bridgehead atoms. The van der Waals surface area contributed by atoms with E-state index in [2.05, 4.69) is 25.3 Å². The molecule has 4 rings (SSSR count). The molecule has 27 heavy (non-hydrogen) atoms. The summed E-state index contributed by atoms with van der Waals surface area (Å²) in [6.45, 7) is 6.13. The van der Waals surface area contributed by atoms with Crippen LogP contribution in [-0.2, 0) is 4.79 Å². The predicted octanol–water partition coefficient (Wildman–Crippen LogP) is 2.82. The van der Waals surface area contributed by atoms with Crippen LogP contribution in [0, 0.1) is 6.92 Å². The largest absolute Gasteiger partial charge is 0.355 e. The Kier molecular flexibility index (Phi) is 4.27. The van der Waals surface area contributed by atoms with Gasteiger partial charge in [-0.25, -0.2) is 15.0 Å². The average molecular weight is 384 g/mol. The van der Waals surface area contributed by atoms with Crippen LogP contribution in [0.5, 0.6) is 0 Å². The highest BCUT2D eigenvalue weighted by atomic mass is 35.5. The number of nitrogens with zero attached hydrogens (tertiary/aromatic N) is 6. The Hall–Kier alpha value is -3.00. The summed E-state index contributed by atoms with van der Waals surface area (Å²) in [5.41, 5.74) is 2.83. The first-order chi connectivity index (χ1) is 13.0. The lowest BCUT2D eigenvalue weighted by molar-refractivity contribution is -0.123. The summed E-state index contributed by atoms with van der Waals surface area (Å²) >= 11 is 6.12. The van der Waals surface area contributed by atoms with Crippen LogP contribution in [0.1, 0.15) is 25.7 Å². The van der Waals surface area contributed by atoms with Gasteiger partial charge in [0.1, 0.15) is 23.7 Å². The Bertz CT molecular complexity index is 1160. The van der Waals surface area contributed by atoms with Crippen molar-refractivity contribution in [3.8, 4) is 5.95 Å². The molecule has 1 N–H and O–H groups in total. The second-order valence-electron chi connectivity index (χ2n) is 6.23. The number of rotatable bonds is 4. The summed E-state index contributed by atoms with van der Waals surface area (Å²) in [7, 11) is 0. The number of aromatic nitrogens is 6. The molecular weight excluding hydrogens is 366 g/mol. The van der Waals surface area contributed by atoms with E-state index in [-0.39, 0.29) is 5.91 Å². The minimum absolute atomic E-state index is 0.0834. The smallest absolute Gasteiger partial charge is 0.242 e. The molecule has 0 radical (unpaired) electrons. The number of aryl methyl sites for hydroxylation is 1. The molecule has 0 fully saturated rings. The van der Waals surface area contributed by atoms with Gasteiger partial charge in [-0.05, 0) is 39.0 Å². The van der Waals surface area contributed by atoms with Gasteiger partial charge in [0, 0.05) is 11.6 Å². The van der Waals surface area contributed by atoms with Gasteiger partial charge in [-0.2, -0.15) is 4.98 Å². The molecule has 3 aromatic heterocycles. The maximum absolute atomic E-state index is 12.3. The third-order valence-corrected chi connectivity index (χ3v) is 4.67. The van der Waals surface area contributed by atoms with Crippen LogP contribution in [0.2, 0.25) is 5.02 Å². The molecule has 4 aromatic rings. The van der Waals surface area contributed by atoms with E-state index in [4.69, 9.17) is 11.6 Å². The molecule has 1 aromatic carbocycles. The fourth-order valence-corrected chi connectivity index (χ4v) is 3.32. The van der Waals surface area contributed by atoms with E-state index in [0.717, 1.165) is 11.0 Å². The summed E-state index contributed by atoms with van der Waals surface area (Å²) in [6, 6.07) is 5.01. The van der Waals surface area contributed by atoms with E-state index >= 15 is 0 Å². The zero-order valence-electron chi connectivity index (χ0n) is 15.1. The monoisotopic (exact) mass is 383 g/mol. The van der Waals surface area contributed by atoms with Gasteiger partial charge in [0.25, 0.3) is 0 Å². The van der Waals surface area contributed by atoms with Crippen LogP contribution in [0.4, 0.5) is 0 Å². The first kappa shape index (κ1) is 17.4. The summed E-state index contributed by atoms with van der Waals surface area (Å²) in [6.07, 6.45) is 3.31. The highest BCUT2D eigenvalue weighted by molar-refractivity contribution is 6.31. The van der Waals surface area contributed by atoms with Crippen molar-refractivity contribution in [3.05, 3.63) is 41.6 Å². The number of carbonyl (C=O) groups excluding carboxylic acids is 1. The molecule has 9 heteroatoms. The molecule has 0 aliphatic rings. The summed E-state index contributed by atoms with van der Waals surface area (Å²) in [5.74, 6) is 1.06. The van der Waals surface area contributed by atoms with Crippen molar-refractivity contribution in [1.29, 1.82) is 0 Å². The van der Waals surface area contributed by atoms with Gasteiger partial charge < -0.3 is 9.88 Å². The maximum atomic E-state index is 12.3. The number of benzene rings is 1. The number of halogens is 1. The van der Waals surface area contributed by atoms with Crippen LogP contribution < -0.4 is 5.32 Å². The Balaban J connectivity index is 1.87. The molecule has 8 nitrogen and oxygen atoms in total. The quantitative estimate of drug-likeness (QED) is 0.585. The zero-order chi connectivity index (χ0) is 19.1. The topological polar surface area (TPSA) is 90.5 Å². The Labute approximate surface area is 160 Å². The van der Waals surface area contributed by atoms with Gasteiger partial charge >= 0.3 is 0 Å². The number of imidazole rings is 2. The first-order valence-corrected chi connectivity index (χ1v) is 8.99. The van der Waals surface area contributed by atoms with Crippen molar-refractivity contribution < 1.29 is 4.79 Å². The van der Waals surface area contributed by atoms with Crippen molar-refractivity contribution in [2.75, 3.05) is 6.54 Å². The van der Waals surface area contributed by atoms with Crippen LogP contribution >= 0.6 is 11.6 Å². The number of amides is 1. The summed E-state index contributed by atoms with van der Waals surface area (Å²) < 4.78 is 3.59. The van der Waals surface area contributed by atoms with Crippen molar-refractivity contribution in [3.63, 3.8) is 0 Å². The molecule has 0 saturated carbocycles. The van der Waals surface area contributed by atoms with E-state index in [1.54, 1.807) is 23.2 Å². The van der Waals surface area contributed by atoms with Crippen molar-refractivity contribution in [2.45, 2.75) is 26.8 Å². The molecule has 0 aliphatic heterocycles. The normalized spacial score (nSPS) is 12.6. The van der Waals surface area contributed by atoms with E-state index in [1.807, 2.05) is 37.5 Å². The van der Waals surface area contributed by atoms with Gasteiger partial charge in [0.2, 0.25) is 11.9 Å². The van der Waals surface area contributed by atoms with E-state index in [0.29, 0.717) is 34.5 Å². The van der Waals surface area contributed by atoms with Crippen molar-refractivity contribution in [2.24, 2.45) is 0 Å². The molecule has 0 unspecified atom stereocenters. The fourth-order valence-electron chi connectivity index (χ4n) is 3.15. The second-order valence-corrected chi connectivity index (χ2v) is 6.66. The molecule has 1 atom stereocenters. The molecule has 138 valence electrons. The van der Waals surface area contributed by atoms with Crippen LogP contribution in [0.3, 0.4) is 0 Å². The molecule has 0 spiro atoms. The third kappa shape index (κ3) is 2.91. The number of carbonyl (C=O) groups is 1. The summed E-state index contributed by atoms with van der Waals surface area (Å²) in [5, 5.41) is 3.44. The standard InChI is InChI=1S/C18H18ClN7O/c1-4-20-17(27)10(2)26-11(3)23-14-8-21-18(24-16(14)26)25-9-22-13-6-5-12(19)7-15(13)25/h5-10H,4H2,1-3H3,(H,20,27)/t10-/m1/s1. The number of nitrogens with one attached hydrogen (secondary N) is 1. The van der Waals surface area contributed by atoms with Crippen LogP contribution in [0.15, 0.2) is 30.7 Å². The van der Waals surface area contributed by atoms with Crippen molar-refractivity contribution in [1.82, 2.24) is 34.4 Å². The average Bonchev–Trinajstić information content (AvgIpc) is 3.20. The second kappa shape index (κ2) is 6.62. The molecule has 3 heterocycles. The highest BCUT2D eigenvalue weighted by Crippen LogP contribution is 2.23. The van der Waals surface area contributed by atoms with Crippen LogP contribution in [0.25, 0.3) is 28.1 Å². The Morgan fingerprint density at radius 3 is 2.85 bits per heavy atom. The van der Waals surface area contributed by atoms with Gasteiger partial charge in [-0.1, -0.05) is 11.6 Å². The fraction of sp³-hybridized carbons (Fsp3) is 0.278. The van der Waals surface area contributed by atoms with E-state index in [1.165, 1.54) is 0 Å². The lowest BCUT2D eigenvalue weighted by atomic mass is 10.3. The Morgan fingerprint density at radius 2 is 2.07 bits per heavy atom. The number of fused-ring (bicyclic) bond motifs is 2. The van der Waals surface area contributed by atoms with Gasteiger partial charge in [0.15, 0.2) is 5.65 Å². The van der Waals surface area contributed by atoms with Gasteiger partial charge in [-0.3, -0.25) is 9.36 Å². The molecule has 1 amide bonds. The zero-order valence-corrected chi connectivity index (χ0v) is 15.9. The lowest BCUT2D eigenvalue weighted by Gasteiger charge is -2.15. The number of likely N-dealkylation sites (N-methyl/N-ethyl adjacent to an activating group) is 1. The minimum atomic E-state index is -0.438. The third-order valence-electron chi connectivity index (χ3n) is 4.44. The first-order valence-electron chi connectivity index (χ1n) is 8.62. The number of hydrogen-bond acceptors (Lipinski definition) is 5. The summed E-state index contributed by atoms with van der Waals surface area (Å²) in [4.78, 5) is 30.3. The molecular formula is C18H18ClN7O. The molecule has 0 aliphatic carbocycles. The van der Waals surface area contributed by atoms with E-state index in [9.17, 15) is 4.79 Å². The van der Waals surface area contributed by atoms with Gasteiger partial charge in [0.05, 0.1) is 17.2 Å². The molecule has 0 saturated heterocycles. The van der Waals surface area contributed by atoms with Gasteiger partial charge in [-0.15, -0.1) is 0 Å². The van der Waals surface area contributed by atoms with Crippen molar-refractivity contribution >= 4 is 39.7 Å². The SMILES string of the molecule is CCNC(=O)[C@@H](C)n1c(C)nc2cnc(-n3cnc4ccc(Cl)cc43)nc21. The lowest BCUT2D eigenvalue weighted by Crippen LogP contribution is -2.31. The predicted molar refractivity (Wildman–Crippen MR) is 103 cm³/mol.